The zero-order valence-corrected chi connectivity index (χ0v) is 13.2. The lowest BCUT2D eigenvalue weighted by atomic mass is 10.2. The average molecular weight is 307 g/mol. The molecular formula is C16H25N3O3. The normalized spacial score (nSPS) is 21.1. The maximum absolute atomic E-state index is 12.2. The summed E-state index contributed by atoms with van der Waals surface area (Å²) in [5.74, 6) is 0.619. The number of rotatable bonds is 7. The molecule has 1 fully saturated rings. The van der Waals surface area contributed by atoms with Crippen LogP contribution in [0.15, 0.2) is 24.3 Å². The Bertz CT molecular complexity index is 493. The topological polar surface area (TPSA) is 76.8 Å². The van der Waals surface area contributed by atoms with E-state index in [-0.39, 0.29) is 12.0 Å². The smallest absolute Gasteiger partial charge is 0.253 e. The Morgan fingerprint density at radius 3 is 2.95 bits per heavy atom. The summed E-state index contributed by atoms with van der Waals surface area (Å²) in [7, 11) is 3.99. The minimum absolute atomic E-state index is 0.00329. The maximum Gasteiger partial charge on any atom is 0.253 e. The molecule has 0 aromatic heterocycles. The Balaban J connectivity index is 1.86. The van der Waals surface area contributed by atoms with Gasteiger partial charge in [-0.2, -0.15) is 0 Å². The van der Waals surface area contributed by atoms with E-state index in [1.807, 2.05) is 38.4 Å². The number of likely N-dealkylation sites (N-methyl/N-ethyl adjacent to an activating group) is 1. The minimum Gasteiger partial charge on any atom is -0.492 e. The van der Waals surface area contributed by atoms with E-state index in [0.29, 0.717) is 25.3 Å². The van der Waals surface area contributed by atoms with Crippen LogP contribution in [0.3, 0.4) is 0 Å². The molecule has 1 aliphatic rings. The summed E-state index contributed by atoms with van der Waals surface area (Å²) in [6.07, 6.45) is 1.14. The number of hydrogen-bond acceptors (Lipinski definition) is 5. The molecule has 0 aliphatic carbocycles. The van der Waals surface area contributed by atoms with Crippen LogP contribution in [0.2, 0.25) is 0 Å². The SMILES string of the molecule is CN(C)CCOc1cccc(NC(=O)[C@@H]2CC[C@H](CN)O2)c1. The Hall–Kier alpha value is -1.63. The molecule has 6 nitrogen and oxygen atoms in total. The number of ether oxygens (including phenoxy) is 2. The van der Waals surface area contributed by atoms with E-state index in [1.165, 1.54) is 0 Å². The summed E-state index contributed by atoms with van der Waals surface area (Å²) in [6, 6.07) is 7.40. The van der Waals surface area contributed by atoms with E-state index < -0.39 is 6.10 Å². The first-order chi connectivity index (χ1) is 10.6. The van der Waals surface area contributed by atoms with Crippen molar-refractivity contribution in [3.8, 4) is 5.75 Å². The van der Waals surface area contributed by atoms with E-state index in [4.69, 9.17) is 15.2 Å². The van der Waals surface area contributed by atoms with Gasteiger partial charge >= 0.3 is 0 Å². The molecule has 0 radical (unpaired) electrons. The van der Waals surface area contributed by atoms with Gasteiger partial charge in [0.05, 0.1) is 6.10 Å². The van der Waals surface area contributed by atoms with Crippen molar-refractivity contribution in [3.63, 3.8) is 0 Å². The number of anilines is 1. The fraction of sp³-hybridized carbons (Fsp3) is 0.562. The van der Waals surface area contributed by atoms with Crippen molar-refractivity contribution < 1.29 is 14.3 Å². The van der Waals surface area contributed by atoms with Crippen molar-refractivity contribution in [3.05, 3.63) is 24.3 Å². The summed E-state index contributed by atoms with van der Waals surface area (Å²) in [6.45, 7) is 1.90. The first kappa shape index (κ1) is 16.7. The van der Waals surface area contributed by atoms with Crippen molar-refractivity contribution in [2.75, 3.05) is 39.1 Å². The summed E-state index contributed by atoms with van der Waals surface area (Å²) < 4.78 is 11.3. The largest absolute Gasteiger partial charge is 0.492 e. The molecular weight excluding hydrogens is 282 g/mol. The van der Waals surface area contributed by atoms with Crippen LogP contribution in [0.5, 0.6) is 5.75 Å². The lowest BCUT2D eigenvalue weighted by Gasteiger charge is -2.14. The number of carbonyl (C=O) groups is 1. The van der Waals surface area contributed by atoms with Gasteiger partial charge in [-0.25, -0.2) is 0 Å². The van der Waals surface area contributed by atoms with Crippen molar-refractivity contribution >= 4 is 11.6 Å². The first-order valence-corrected chi connectivity index (χ1v) is 7.62. The molecule has 1 heterocycles. The van der Waals surface area contributed by atoms with Gasteiger partial charge in [-0.05, 0) is 39.1 Å². The Labute approximate surface area is 131 Å². The standard InChI is InChI=1S/C16H25N3O3/c1-19(2)8-9-21-13-5-3-4-12(10-13)18-16(20)15-7-6-14(11-17)22-15/h3-5,10,14-15H,6-9,11,17H2,1-2H3,(H,18,20)/t14-,15+/m1/s1. The van der Waals surface area contributed by atoms with Crippen molar-refractivity contribution in [2.45, 2.75) is 25.0 Å². The van der Waals surface area contributed by atoms with Gasteiger partial charge in [0.25, 0.3) is 5.91 Å². The van der Waals surface area contributed by atoms with Crippen LogP contribution in [0, 0.1) is 0 Å². The van der Waals surface area contributed by atoms with E-state index in [0.717, 1.165) is 18.7 Å². The van der Waals surface area contributed by atoms with Gasteiger partial charge in [0.15, 0.2) is 0 Å². The molecule has 22 heavy (non-hydrogen) atoms. The van der Waals surface area contributed by atoms with Crippen molar-refractivity contribution in [1.29, 1.82) is 0 Å². The van der Waals surface area contributed by atoms with E-state index in [1.54, 1.807) is 0 Å². The fourth-order valence-corrected chi connectivity index (χ4v) is 2.30. The molecule has 2 rings (SSSR count). The summed E-state index contributed by atoms with van der Waals surface area (Å²) in [5, 5.41) is 2.87. The average Bonchev–Trinajstić information content (AvgIpc) is 2.96. The van der Waals surface area contributed by atoms with Crippen LogP contribution >= 0.6 is 0 Å². The Morgan fingerprint density at radius 2 is 2.27 bits per heavy atom. The molecule has 0 spiro atoms. The van der Waals surface area contributed by atoms with Gasteiger partial charge in [-0.3, -0.25) is 4.79 Å². The Kier molecular flexibility index (Phi) is 6.18. The number of benzene rings is 1. The Morgan fingerprint density at radius 1 is 1.45 bits per heavy atom. The molecule has 6 heteroatoms. The molecule has 1 aliphatic heterocycles. The molecule has 3 N–H and O–H groups in total. The molecule has 0 bridgehead atoms. The van der Waals surface area contributed by atoms with Gasteiger partial charge in [0, 0.05) is 24.8 Å². The second-order valence-corrected chi connectivity index (χ2v) is 5.73. The monoisotopic (exact) mass is 307 g/mol. The van der Waals surface area contributed by atoms with Gasteiger partial charge < -0.3 is 25.4 Å². The van der Waals surface area contributed by atoms with E-state index in [9.17, 15) is 4.79 Å². The molecule has 2 atom stereocenters. The second-order valence-electron chi connectivity index (χ2n) is 5.73. The fourth-order valence-electron chi connectivity index (χ4n) is 2.30. The van der Waals surface area contributed by atoms with Crippen LogP contribution in [0.1, 0.15) is 12.8 Å². The third kappa shape index (κ3) is 4.98. The maximum atomic E-state index is 12.2. The zero-order chi connectivity index (χ0) is 15.9. The highest BCUT2D eigenvalue weighted by Gasteiger charge is 2.29. The molecule has 1 aromatic carbocycles. The van der Waals surface area contributed by atoms with Crippen LogP contribution in [0.4, 0.5) is 5.69 Å². The summed E-state index contributed by atoms with van der Waals surface area (Å²) in [4.78, 5) is 14.2. The van der Waals surface area contributed by atoms with Crippen LogP contribution < -0.4 is 15.8 Å². The number of hydrogen-bond donors (Lipinski definition) is 2. The van der Waals surface area contributed by atoms with Crippen LogP contribution in [-0.2, 0) is 9.53 Å². The highest BCUT2D eigenvalue weighted by molar-refractivity contribution is 5.94. The van der Waals surface area contributed by atoms with Gasteiger partial charge in [-0.15, -0.1) is 0 Å². The van der Waals surface area contributed by atoms with Crippen LogP contribution in [-0.4, -0.2) is 56.8 Å². The minimum atomic E-state index is -0.410. The third-order valence-corrected chi connectivity index (χ3v) is 3.57. The lowest BCUT2D eigenvalue weighted by Crippen LogP contribution is -2.29. The molecule has 122 valence electrons. The second kappa shape index (κ2) is 8.12. The number of nitrogens with zero attached hydrogens (tertiary/aromatic N) is 1. The molecule has 1 amide bonds. The summed E-state index contributed by atoms with van der Waals surface area (Å²) in [5.41, 5.74) is 6.27. The molecule has 0 unspecified atom stereocenters. The number of nitrogens with two attached hydrogens (primary N) is 1. The summed E-state index contributed by atoms with van der Waals surface area (Å²) >= 11 is 0. The predicted octanol–water partition coefficient (Wildman–Crippen LogP) is 1.07. The van der Waals surface area contributed by atoms with Crippen LogP contribution in [0.25, 0.3) is 0 Å². The first-order valence-electron chi connectivity index (χ1n) is 7.62. The number of carbonyl (C=O) groups excluding carboxylic acids is 1. The van der Waals surface area contributed by atoms with Gasteiger partial charge in [-0.1, -0.05) is 6.07 Å². The predicted molar refractivity (Wildman–Crippen MR) is 86.1 cm³/mol. The van der Waals surface area contributed by atoms with Gasteiger partial charge in [0.1, 0.15) is 18.5 Å². The highest BCUT2D eigenvalue weighted by Crippen LogP contribution is 2.22. The lowest BCUT2D eigenvalue weighted by molar-refractivity contribution is -0.126. The van der Waals surface area contributed by atoms with Gasteiger partial charge in [0.2, 0.25) is 0 Å². The molecule has 0 saturated carbocycles. The van der Waals surface area contributed by atoms with E-state index >= 15 is 0 Å². The molecule has 1 saturated heterocycles. The highest BCUT2D eigenvalue weighted by atomic mass is 16.5. The van der Waals surface area contributed by atoms with Crippen molar-refractivity contribution in [1.82, 2.24) is 4.90 Å². The number of nitrogens with one attached hydrogen (secondary N) is 1. The molecule has 1 aromatic rings. The van der Waals surface area contributed by atoms with Crippen molar-refractivity contribution in [2.24, 2.45) is 5.73 Å². The van der Waals surface area contributed by atoms with E-state index in [2.05, 4.69) is 10.2 Å². The number of amides is 1. The quantitative estimate of drug-likeness (QED) is 0.788. The third-order valence-electron chi connectivity index (χ3n) is 3.57. The zero-order valence-electron chi connectivity index (χ0n) is 13.2.